The van der Waals surface area contributed by atoms with Crippen molar-refractivity contribution in [2.24, 2.45) is 17.3 Å². The van der Waals surface area contributed by atoms with Gasteiger partial charge in [-0.3, -0.25) is 0 Å². The van der Waals surface area contributed by atoms with Crippen molar-refractivity contribution in [1.82, 2.24) is 0 Å². The van der Waals surface area contributed by atoms with Crippen LogP contribution in [0.25, 0.3) is 0 Å². The van der Waals surface area contributed by atoms with Crippen LogP contribution in [-0.2, 0) is 0 Å². The predicted octanol–water partition coefficient (Wildman–Crippen LogP) is 2.13. The average Bonchev–Trinajstić information content (AvgIpc) is 2.67. The van der Waals surface area contributed by atoms with Crippen LogP contribution in [0.15, 0.2) is 35.9 Å². The Morgan fingerprint density at radius 1 is 1.15 bits per heavy atom. The van der Waals surface area contributed by atoms with E-state index in [1.807, 2.05) is 31.2 Å². The SMILES string of the molecule is Cc1ccc([C@@H]2[C@@H]3C[NH+](C(C)C)CC=C3[C@H](C#N)C(=N)C2(C#N)C#N)cc1. The van der Waals surface area contributed by atoms with Gasteiger partial charge < -0.3 is 10.3 Å². The molecule has 0 spiro atoms. The molecule has 2 aliphatic rings. The van der Waals surface area contributed by atoms with Gasteiger partial charge in [0.05, 0.1) is 43.1 Å². The third-order valence-electron chi connectivity index (χ3n) is 6.16. The number of nitrogens with zero attached hydrogens (tertiary/aromatic N) is 3. The molecule has 1 aromatic carbocycles. The summed E-state index contributed by atoms with van der Waals surface area (Å²) in [4.78, 5) is 1.37. The minimum atomic E-state index is -1.61. The first-order valence-electron chi connectivity index (χ1n) is 9.31. The second-order valence-corrected chi connectivity index (χ2v) is 7.93. The number of rotatable bonds is 2. The zero-order valence-electron chi connectivity index (χ0n) is 16.0. The second kappa shape index (κ2) is 6.99. The van der Waals surface area contributed by atoms with Gasteiger partial charge in [0.2, 0.25) is 0 Å². The first-order valence-corrected chi connectivity index (χ1v) is 9.31. The monoisotopic (exact) mass is 358 g/mol. The molecule has 1 unspecified atom stereocenters. The molecule has 1 heterocycles. The van der Waals surface area contributed by atoms with Gasteiger partial charge in [0.15, 0.2) is 5.41 Å². The summed E-state index contributed by atoms with van der Waals surface area (Å²) in [7, 11) is 0. The summed E-state index contributed by atoms with van der Waals surface area (Å²) in [5, 5.41) is 38.4. The summed E-state index contributed by atoms with van der Waals surface area (Å²) in [6.07, 6.45) is 2.08. The Morgan fingerprint density at radius 2 is 1.78 bits per heavy atom. The van der Waals surface area contributed by atoms with Crippen molar-refractivity contribution in [2.45, 2.75) is 32.7 Å². The fraction of sp³-hybridized carbons (Fsp3) is 0.455. The molecule has 0 amide bonds. The molecule has 1 saturated carbocycles. The van der Waals surface area contributed by atoms with Crippen LogP contribution in [0.3, 0.4) is 0 Å². The normalized spacial score (nSPS) is 29.1. The summed E-state index contributed by atoms with van der Waals surface area (Å²) < 4.78 is 0. The number of fused-ring (bicyclic) bond motifs is 1. The van der Waals surface area contributed by atoms with Crippen molar-refractivity contribution in [3.8, 4) is 18.2 Å². The zero-order chi connectivity index (χ0) is 19.8. The molecule has 1 aliphatic carbocycles. The minimum Gasteiger partial charge on any atom is -0.329 e. The summed E-state index contributed by atoms with van der Waals surface area (Å²) in [5.41, 5.74) is 1.23. The van der Waals surface area contributed by atoms with Crippen molar-refractivity contribution in [2.75, 3.05) is 13.1 Å². The Labute approximate surface area is 160 Å². The lowest BCUT2D eigenvalue weighted by molar-refractivity contribution is -0.920. The molecule has 1 fully saturated rings. The lowest BCUT2D eigenvalue weighted by Gasteiger charge is -2.47. The summed E-state index contributed by atoms with van der Waals surface area (Å²) in [6.45, 7) is 7.88. The van der Waals surface area contributed by atoms with Gasteiger partial charge in [-0.15, -0.1) is 0 Å². The molecule has 1 aromatic rings. The number of aryl methyl sites for hydroxylation is 1. The van der Waals surface area contributed by atoms with Gasteiger partial charge in [-0.2, -0.15) is 15.8 Å². The van der Waals surface area contributed by atoms with E-state index in [-0.39, 0.29) is 11.6 Å². The fourth-order valence-corrected chi connectivity index (χ4v) is 4.54. The topological polar surface area (TPSA) is 99.7 Å². The van der Waals surface area contributed by atoms with Crippen LogP contribution < -0.4 is 4.90 Å². The van der Waals surface area contributed by atoms with Gasteiger partial charge in [0.25, 0.3) is 0 Å². The second-order valence-electron chi connectivity index (χ2n) is 7.93. The molecule has 136 valence electrons. The van der Waals surface area contributed by atoms with Crippen LogP contribution >= 0.6 is 0 Å². The molecule has 0 saturated heterocycles. The van der Waals surface area contributed by atoms with Crippen molar-refractivity contribution < 1.29 is 4.90 Å². The molecule has 0 radical (unpaired) electrons. The molecule has 1 aliphatic heterocycles. The number of quaternary nitrogens is 1. The lowest BCUT2D eigenvalue weighted by Crippen LogP contribution is -3.16. The Hall–Kier alpha value is -2.94. The molecule has 2 N–H and O–H groups in total. The minimum absolute atomic E-state index is 0.0731. The Balaban J connectivity index is 2.23. The van der Waals surface area contributed by atoms with Gasteiger partial charge in [-0.05, 0) is 38.0 Å². The molecule has 4 atom stereocenters. The van der Waals surface area contributed by atoms with Crippen LogP contribution in [0.4, 0.5) is 0 Å². The van der Waals surface area contributed by atoms with Crippen LogP contribution in [0.1, 0.15) is 30.9 Å². The highest BCUT2D eigenvalue weighted by molar-refractivity contribution is 6.00. The average molecular weight is 358 g/mol. The molecule has 0 aromatic heterocycles. The molecule has 0 bridgehead atoms. The maximum absolute atomic E-state index is 10.0. The third-order valence-corrected chi connectivity index (χ3v) is 6.16. The van der Waals surface area contributed by atoms with Crippen LogP contribution in [-0.4, -0.2) is 24.8 Å². The van der Waals surface area contributed by atoms with E-state index in [2.05, 4.69) is 38.1 Å². The van der Waals surface area contributed by atoms with E-state index < -0.39 is 17.3 Å². The third kappa shape index (κ3) is 2.84. The van der Waals surface area contributed by atoms with E-state index in [0.717, 1.165) is 29.8 Å². The Morgan fingerprint density at radius 3 is 2.30 bits per heavy atom. The van der Waals surface area contributed by atoms with E-state index in [1.54, 1.807) is 0 Å². The first-order chi connectivity index (χ1) is 12.9. The van der Waals surface area contributed by atoms with Crippen molar-refractivity contribution in [1.29, 1.82) is 21.2 Å². The number of nitrogens with one attached hydrogen (secondary N) is 2. The highest BCUT2D eigenvalue weighted by Crippen LogP contribution is 2.52. The van der Waals surface area contributed by atoms with E-state index in [4.69, 9.17) is 5.41 Å². The quantitative estimate of drug-likeness (QED) is 0.792. The maximum Gasteiger partial charge on any atom is 0.189 e. The number of benzene rings is 1. The number of nitriles is 3. The van der Waals surface area contributed by atoms with Gasteiger partial charge in [0, 0.05) is 11.8 Å². The number of hydrogen-bond donors (Lipinski definition) is 2. The molecule has 5 nitrogen and oxygen atoms in total. The van der Waals surface area contributed by atoms with Crippen LogP contribution in [0.2, 0.25) is 0 Å². The molecule has 5 heteroatoms. The highest BCUT2D eigenvalue weighted by Gasteiger charge is 2.58. The van der Waals surface area contributed by atoms with Crippen molar-refractivity contribution in [3.63, 3.8) is 0 Å². The summed E-state index contributed by atoms with van der Waals surface area (Å²) in [5.74, 6) is -1.33. The highest BCUT2D eigenvalue weighted by atomic mass is 15.2. The van der Waals surface area contributed by atoms with E-state index in [1.165, 1.54) is 4.90 Å². The number of hydrogen-bond acceptors (Lipinski definition) is 4. The van der Waals surface area contributed by atoms with E-state index in [9.17, 15) is 15.8 Å². The van der Waals surface area contributed by atoms with E-state index in [0.29, 0.717) is 6.04 Å². The largest absolute Gasteiger partial charge is 0.329 e. The first kappa shape index (κ1) is 18.8. The summed E-state index contributed by atoms with van der Waals surface area (Å²) >= 11 is 0. The van der Waals surface area contributed by atoms with Gasteiger partial charge in [0.1, 0.15) is 5.92 Å². The van der Waals surface area contributed by atoms with Gasteiger partial charge >= 0.3 is 0 Å². The standard InChI is InChI=1S/C22H23N5/c1-14(2)27-9-8-17-18(10-23)21(26)22(12-24,13-25)20(19(17)11-27)16-6-4-15(3)5-7-16/h4-8,14,18-20,26H,9,11H2,1-3H3/p+1/t18-,19+,20+/m0/s1. The molecule has 3 rings (SSSR count). The summed E-state index contributed by atoms with van der Waals surface area (Å²) in [6, 6.07) is 14.8. The zero-order valence-corrected chi connectivity index (χ0v) is 16.0. The lowest BCUT2D eigenvalue weighted by atomic mass is 9.54. The van der Waals surface area contributed by atoms with Crippen LogP contribution in [0.5, 0.6) is 0 Å². The predicted molar refractivity (Wildman–Crippen MR) is 102 cm³/mol. The fourth-order valence-electron chi connectivity index (χ4n) is 4.54. The molecule has 27 heavy (non-hydrogen) atoms. The smallest absolute Gasteiger partial charge is 0.189 e. The molecular formula is C22H24N5+. The van der Waals surface area contributed by atoms with Gasteiger partial charge in [-0.25, -0.2) is 0 Å². The van der Waals surface area contributed by atoms with Crippen molar-refractivity contribution >= 4 is 5.71 Å². The van der Waals surface area contributed by atoms with Crippen molar-refractivity contribution in [3.05, 3.63) is 47.0 Å². The molecular weight excluding hydrogens is 334 g/mol. The van der Waals surface area contributed by atoms with E-state index >= 15 is 0 Å². The van der Waals surface area contributed by atoms with Gasteiger partial charge in [-0.1, -0.05) is 29.8 Å². The Bertz CT molecular complexity index is 890. The Kier molecular flexibility index (Phi) is 4.88. The van der Waals surface area contributed by atoms with Crippen LogP contribution in [0, 0.1) is 63.6 Å². The maximum atomic E-state index is 10.0.